The molecule has 0 spiro atoms. The average Bonchev–Trinajstić information content (AvgIpc) is 1.82. The molecule has 3 nitrogen and oxygen atoms in total. The van der Waals surface area contributed by atoms with E-state index in [0.717, 1.165) is 6.42 Å². The van der Waals surface area contributed by atoms with Gasteiger partial charge in [-0.1, -0.05) is 13.8 Å². The second-order valence-corrected chi connectivity index (χ2v) is 2.73. The van der Waals surface area contributed by atoms with Gasteiger partial charge < -0.3 is 0 Å². The number of nitrogens with zero attached hydrogens (tertiary/aromatic N) is 1. The highest BCUT2D eigenvalue weighted by Gasteiger charge is 2.04. The first kappa shape index (κ1) is 9.07. The van der Waals surface area contributed by atoms with Crippen LogP contribution in [0.1, 0.15) is 20.3 Å². The predicted molar refractivity (Wildman–Crippen MR) is 38.3 cm³/mol. The fourth-order valence-corrected chi connectivity index (χ4v) is 1.16. The molecule has 4 heteroatoms. The third-order valence-corrected chi connectivity index (χ3v) is 1.93. The highest BCUT2D eigenvalue weighted by molar-refractivity contribution is 7.76. The van der Waals surface area contributed by atoms with Crippen LogP contribution in [0, 0.1) is 0 Å². The molecular formula is C5H13NO2S. The topological polar surface area (TPSA) is 40.5 Å². The first-order valence-corrected chi connectivity index (χ1v) is 4.14. The lowest BCUT2D eigenvalue weighted by atomic mass is 10.5. The van der Waals surface area contributed by atoms with Crippen molar-refractivity contribution in [2.24, 2.45) is 0 Å². The molecule has 0 aromatic heterocycles. The molecule has 0 aromatic rings. The van der Waals surface area contributed by atoms with Crippen LogP contribution in [0.3, 0.4) is 0 Å². The molecule has 0 aliphatic heterocycles. The number of hydrogen-bond donors (Lipinski definition) is 1. The second kappa shape index (κ2) is 4.90. The van der Waals surface area contributed by atoms with E-state index in [1.807, 2.05) is 13.8 Å². The average molecular weight is 151 g/mol. The van der Waals surface area contributed by atoms with Gasteiger partial charge in [-0.2, -0.15) is 0 Å². The first-order valence-electron chi connectivity index (χ1n) is 3.08. The summed E-state index contributed by atoms with van der Waals surface area (Å²) < 4.78 is 20.4. The Labute approximate surface area is 58.5 Å². The number of hydrogen-bond acceptors (Lipinski definition) is 1. The molecule has 0 heterocycles. The molecular weight excluding hydrogens is 138 g/mol. The van der Waals surface area contributed by atoms with Gasteiger partial charge in [0.25, 0.3) is 0 Å². The summed E-state index contributed by atoms with van der Waals surface area (Å²) in [5.41, 5.74) is 0. The Morgan fingerprint density at radius 3 is 2.22 bits per heavy atom. The lowest BCUT2D eigenvalue weighted by Crippen LogP contribution is -2.25. The zero-order chi connectivity index (χ0) is 7.28. The maximum Gasteiger partial charge on any atom is 0.234 e. The van der Waals surface area contributed by atoms with Crippen molar-refractivity contribution < 1.29 is 8.76 Å². The lowest BCUT2D eigenvalue weighted by molar-refractivity contribution is 0.411. The van der Waals surface area contributed by atoms with Gasteiger partial charge in [-0.05, 0) is 6.42 Å². The van der Waals surface area contributed by atoms with Crippen molar-refractivity contribution in [1.82, 2.24) is 4.31 Å². The Bertz CT molecular complexity index is 97.0. The number of rotatable bonds is 4. The maximum absolute atomic E-state index is 10.4. The van der Waals surface area contributed by atoms with E-state index in [-0.39, 0.29) is 0 Å². The van der Waals surface area contributed by atoms with E-state index < -0.39 is 11.3 Å². The van der Waals surface area contributed by atoms with Crippen molar-refractivity contribution in [2.75, 3.05) is 13.1 Å². The standard InChI is InChI=1S/C5H13NO2S/c1-3-5-6(4-2)9(7)8/h3-5H2,1-2H3,(H,7,8). The SMILES string of the molecule is CCCN(CC)S(=O)O. The third kappa shape index (κ3) is 3.61. The summed E-state index contributed by atoms with van der Waals surface area (Å²) in [5, 5.41) is 0. The molecule has 0 bridgehead atoms. The van der Waals surface area contributed by atoms with Crippen molar-refractivity contribution >= 4 is 11.3 Å². The molecule has 1 unspecified atom stereocenters. The molecule has 1 N–H and O–H groups in total. The monoisotopic (exact) mass is 151 g/mol. The molecule has 1 atom stereocenters. The Morgan fingerprint density at radius 1 is 1.56 bits per heavy atom. The Balaban J connectivity index is 3.54. The summed E-state index contributed by atoms with van der Waals surface area (Å²) in [6, 6.07) is 0. The third-order valence-electron chi connectivity index (χ3n) is 1.05. The van der Waals surface area contributed by atoms with Crippen LogP contribution in [-0.4, -0.2) is 26.2 Å². The molecule has 0 aromatic carbocycles. The van der Waals surface area contributed by atoms with Crippen LogP contribution in [0.4, 0.5) is 0 Å². The molecule has 0 saturated carbocycles. The molecule has 0 amide bonds. The fraction of sp³-hybridized carbons (Fsp3) is 1.00. The molecule has 0 aliphatic carbocycles. The molecule has 0 rings (SSSR count). The maximum atomic E-state index is 10.4. The van der Waals surface area contributed by atoms with Gasteiger partial charge in [0.2, 0.25) is 11.3 Å². The normalized spacial score (nSPS) is 14.2. The highest BCUT2D eigenvalue weighted by Crippen LogP contribution is 1.92. The molecule has 56 valence electrons. The van der Waals surface area contributed by atoms with Gasteiger partial charge in [0.05, 0.1) is 0 Å². The van der Waals surface area contributed by atoms with Gasteiger partial charge in [0, 0.05) is 13.1 Å². The zero-order valence-electron chi connectivity index (χ0n) is 5.83. The molecule has 0 radical (unpaired) electrons. The van der Waals surface area contributed by atoms with Gasteiger partial charge in [-0.25, -0.2) is 8.51 Å². The van der Waals surface area contributed by atoms with E-state index in [4.69, 9.17) is 4.55 Å². The largest absolute Gasteiger partial charge is 0.294 e. The first-order chi connectivity index (χ1) is 4.22. The van der Waals surface area contributed by atoms with E-state index >= 15 is 0 Å². The van der Waals surface area contributed by atoms with Gasteiger partial charge >= 0.3 is 0 Å². The van der Waals surface area contributed by atoms with E-state index in [1.165, 1.54) is 4.31 Å². The minimum Gasteiger partial charge on any atom is -0.294 e. The van der Waals surface area contributed by atoms with E-state index in [9.17, 15) is 4.21 Å². The van der Waals surface area contributed by atoms with E-state index in [2.05, 4.69) is 0 Å². The van der Waals surface area contributed by atoms with Crippen molar-refractivity contribution in [1.29, 1.82) is 0 Å². The fourth-order valence-electron chi connectivity index (χ4n) is 0.596. The zero-order valence-corrected chi connectivity index (χ0v) is 6.65. The van der Waals surface area contributed by atoms with E-state index in [0.29, 0.717) is 13.1 Å². The lowest BCUT2D eigenvalue weighted by Gasteiger charge is -2.12. The van der Waals surface area contributed by atoms with Crippen molar-refractivity contribution in [2.45, 2.75) is 20.3 Å². The summed E-state index contributed by atoms with van der Waals surface area (Å²) in [4.78, 5) is 0. The smallest absolute Gasteiger partial charge is 0.234 e. The highest BCUT2D eigenvalue weighted by atomic mass is 32.2. The van der Waals surface area contributed by atoms with Crippen molar-refractivity contribution in [3.8, 4) is 0 Å². The summed E-state index contributed by atoms with van der Waals surface area (Å²) >= 11 is -1.77. The predicted octanol–water partition coefficient (Wildman–Crippen LogP) is 0.855. The Morgan fingerprint density at radius 2 is 2.11 bits per heavy atom. The summed E-state index contributed by atoms with van der Waals surface area (Å²) in [6.07, 6.45) is 0.917. The van der Waals surface area contributed by atoms with Gasteiger partial charge in [-0.3, -0.25) is 4.55 Å². The van der Waals surface area contributed by atoms with Crippen LogP contribution in [0.15, 0.2) is 0 Å². The second-order valence-electron chi connectivity index (χ2n) is 1.75. The van der Waals surface area contributed by atoms with Crippen LogP contribution in [0.5, 0.6) is 0 Å². The van der Waals surface area contributed by atoms with E-state index in [1.54, 1.807) is 0 Å². The molecule has 0 fully saturated rings. The molecule has 9 heavy (non-hydrogen) atoms. The summed E-state index contributed by atoms with van der Waals surface area (Å²) in [7, 11) is 0. The van der Waals surface area contributed by atoms with Crippen LogP contribution >= 0.6 is 0 Å². The summed E-state index contributed by atoms with van der Waals surface area (Å²) in [6.45, 7) is 5.18. The minimum absolute atomic E-state index is 0.636. The van der Waals surface area contributed by atoms with Gasteiger partial charge in [-0.15, -0.1) is 0 Å². The van der Waals surface area contributed by atoms with Crippen LogP contribution in [-0.2, 0) is 11.3 Å². The quantitative estimate of drug-likeness (QED) is 0.605. The van der Waals surface area contributed by atoms with Crippen molar-refractivity contribution in [3.63, 3.8) is 0 Å². The summed E-state index contributed by atoms with van der Waals surface area (Å²) in [5.74, 6) is 0. The van der Waals surface area contributed by atoms with Crippen LogP contribution in [0.25, 0.3) is 0 Å². The van der Waals surface area contributed by atoms with Crippen molar-refractivity contribution in [3.05, 3.63) is 0 Å². The van der Waals surface area contributed by atoms with Gasteiger partial charge in [0.15, 0.2) is 0 Å². The van der Waals surface area contributed by atoms with Gasteiger partial charge in [0.1, 0.15) is 0 Å². The minimum atomic E-state index is -1.77. The Hall–Kier alpha value is 0.0700. The Kier molecular flexibility index (Phi) is 4.94. The van der Waals surface area contributed by atoms with Crippen LogP contribution in [0.2, 0.25) is 0 Å². The molecule has 0 saturated heterocycles. The van der Waals surface area contributed by atoms with Crippen LogP contribution < -0.4 is 0 Å². The molecule has 0 aliphatic rings.